The third-order valence-corrected chi connectivity index (χ3v) is 30.3. The number of aromatic nitrogens is 8. The molecule has 8 aromatic heterocycles. The number of halogens is 3. The second-order valence-corrected chi connectivity index (χ2v) is 40.2. The van der Waals surface area contributed by atoms with E-state index in [9.17, 15) is 28.0 Å². The Kier molecular flexibility index (Phi) is 24.6. The minimum atomic E-state index is -2.98. The summed E-state index contributed by atoms with van der Waals surface area (Å²) in [6, 6.07) is 68.9. The number of hydrogen-bond acceptors (Lipinski definition) is 19. The number of fused-ring (bicyclic) bond motifs is 18. The van der Waals surface area contributed by atoms with Crippen molar-refractivity contribution in [3.05, 3.63) is 304 Å². The predicted molar refractivity (Wildman–Crippen MR) is 557 cm³/mol. The van der Waals surface area contributed by atoms with Crippen molar-refractivity contribution in [1.29, 1.82) is 0 Å². The van der Waals surface area contributed by atoms with Gasteiger partial charge in [0.1, 0.15) is 39.4 Å². The Morgan fingerprint density at radius 2 is 0.852 bits per heavy atom. The van der Waals surface area contributed by atoms with Crippen molar-refractivity contribution in [2.45, 2.75) is 205 Å². The normalized spacial score (nSPS) is 20.4. The van der Waals surface area contributed by atoms with Crippen LogP contribution in [0.25, 0.3) is 33.8 Å². The molecule has 4 fully saturated rings. The van der Waals surface area contributed by atoms with Crippen LogP contribution in [0.15, 0.2) is 257 Å². The van der Waals surface area contributed by atoms with Gasteiger partial charge in [0.25, 0.3) is 29.6 Å². The van der Waals surface area contributed by atoms with Gasteiger partial charge in [-0.05, 0) is 173 Å². The Morgan fingerprint density at radius 3 is 1.39 bits per heavy atom. The van der Waals surface area contributed by atoms with Crippen LogP contribution >= 0.6 is 11.6 Å². The summed E-state index contributed by atoms with van der Waals surface area (Å²) in [5.74, 6) is 2.78. The van der Waals surface area contributed by atoms with Gasteiger partial charge < -0.3 is 53.8 Å². The van der Waals surface area contributed by atoms with Crippen molar-refractivity contribution in [1.82, 2.24) is 57.8 Å². The number of nitrogens with zero attached hydrogens (tertiary/aromatic N) is 20. The van der Waals surface area contributed by atoms with Gasteiger partial charge in [-0.1, -0.05) is 185 Å². The lowest BCUT2D eigenvalue weighted by Gasteiger charge is -2.37. The predicted octanol–water partition coefficient (Wildman–Crippen LogP) is 21.2. The molecule has 7 atom stereocenters. The maximum atomic E-state index is 13.8. The molecule has 13 aromatic rings. The molecule has 30 heteroatoms. The van der Waals surface area contributed by atoms with Gasteiger partial charge in [-0.2, -0.15) is 8.78 Å². The largest absolute Gasteiger partial charge is 0.368 e. The lowest BCUT2D eigenvalue weighted by molar-refractivity contribution is 0.0127. The standard InChI is InChI=1S/2C31H30N6O.C25H24ClN5O.C25H32F2N6O/c1-20-8-6-11-25(32-20)22-16-14-21(15-17-22)18-36-19-24-28(29(36)33-23-9-4-3-5-10-23)37-27-13-7-12-26(27)34-31(37)35(2)30(24)38;1-35-30(38)28-27(37-26-13-6-5-12-25(26)34-31(35)37)20-36(29(28)33-23-9-3-2-4-10-23)19-21-14-16-22(17-15-21)24-11-7-8-18-32-24;1-15-5-3-6-19(27-15)17-11-9-16(10-12-17)13-30-14-18-22(23(30)26)31-21-8-4-7-20(21)28-25(31)29(2)24(18)32;1-15(2)18-13-33-19-14-32(12-16-9-10-20(28-11-16)25(3,26)27)22(29-17-7-5-6-8-17)21(19)23(34)31(4)24(33)30-18/h3-6,8-11,14-17,19,26-27,33H,7,12-13,18H2,1-2H3;2-4,7-11,14-18,20,25-26,33H,5-6,12-13,19H2,1H3;3,5-6,9-12,14,20-21H,4,7-8,13H2,1-2H3;9-11,14-15,17-18,29H,5-8,12-13H2,1-4H3/t26-,27+;;20-,21+;18-/m1.10/s1. The molecule has 2 unspecified atom stereocenters. The second-order valence-electron chi connectivity index (χ2n) is 39.8. The number of guanidine groups is 4. The fraction of sp³-hybridized carbons (Fsp3) is 0.339. The molecule has 5 aromatic carbocycles. The molecule has 12 aliphatic rings. The average molecular weight is 1920 g/mol. The highest BCUT2D eigenvalue weighted by Gasteiger charge is 2.53. The number of amides is 4. The average Bonchev–Trinajstić information content (AvgIpc) is 1.57. The van der Waals surface area contributed by atoms with Crippen LogP contribution in [-0.4, -0.2) is 188 Å². The van der Waals surface area contributed by atoms with Gasteiger partial charge in [0, 0.05) is 144 Å². The van der Waals surface area contributed by atoms with E-state index in [1.165, 1.54) is 44.4 Å². The van der Waals surface area contributed by atoms with E-state index in [-0.39, 0.29) is 53.5 Å². The highest BCUT2D eigenvalue weighted by molar-refractivity contribution is 6.36. The number of carbonyl (C=O) groups excluding carboxylic acids is 4. The summed E-state index contributed by atoms with van der Waals surface area (Å²) in [5.41, 5.74) is 20.4. The fourth-order valence-corrected chi connectivity index (χ4v) is 22.7. The van der Waals surface area contributed by atoms with Crippen molar-refractivity contribution < 1.29 is 28.0 Å². The fourth-order valence-electron chi connectivity index (χ4n) is 22.4. The van der Waals surface area contributed by atoms with Gasteiger partial charge in [0.05, 0.1) is 99.8 Å². The van der Waals surface area contributed by atoms with Crippen LogP contribution in [0.1, 0.15) is 191 Å². The zero-order chi connectivity index (χ0) is 97.6. The molecule has 724 valence electrons. The zero-order valence-corrected chi connectivity index (χ0v) is 82.1. The molecule has 4 aliphatic carbocycles. The Bertz CT molecular complexity index is 7130. The number of para-hydroxylation sites is 2. The Hall–Kier alpha value is -14.9. The van der Waals surface area contributed by atoms with Crippen molar-refractivity contribution in [2.75, 3.05) is 70.3 Å². The molecule has 4 amide bonds. The maximum Gasteiger partial charge on any atom is 0.286 e. The van der Waals surface area contributed by atoms with Crippen molar-refractivity contribution >= 4 is 111 Å². The smallest absolute Gasteiger partial charge is 0.286 e. The van der Waals surface area contributed by atoms with Gasteiger partial charge in [-0.15, -0.1) is 0 Å². The maximum absolute atomic E-state index is 13.8. The van der Waals surface area contributed by atoms with Gasteiger partial charge in [0.2, 0.25) is 23.8 Å². The van der Waals surface area contributed by atoms with Crippen LogP contribution < -0.4 is 35.6 Å². The van der Waals surface area contributed by atoms with E-state index < -0.39 is 5.92 Å². The number of nitrogens with one attached hydrogen (secondary N) is 3. The molecule has 3 N–H and O–H groups in total. The molecule has 27 nitrogen and oxygen atoms in total. The molecular weight excluding hydrogens is 1800 g/mol. The van der Waals surface area contributed by atoms with E-state index in [0.717, 1.165) is 214 Å². The van der Waals surface area contributed by atoms with Gasteiger partial charge in [0.15, 0.2) is 0 Å². The number of carbonyl (C=O) groups is 4. The van der Waals surface area contributed by atoms with Crippen LogP contribution in [0.3, 0.4) is 0 Å². The van der Waals surface area contributed by atoms with Gasteiger partial charge in [-0.25, -0.2) is 20.0 Å². The number of aryl methyl sites for hydroxylation is 2. The number of aliphatic imine (C=N–C) groups is 4. The summed E-state index contributed by atoms with van der Waals surface area (Å²) >= 11 is 6.89. The van der Waals surface area contributed by atoms with Crippen LogP contribution in [0.4, 0.5) is 60.4 Å². The molecule has 25 rings (SSSR count). The molecule has 0 bridgehead atoms. The quantitative estimate of drug-likeness (QED) is 0.0681. The van der Waals surface area contributed by atoms with E-state index >= 15 is 0 Å². The third-order valence-electron chi connectivity index (χ3n) is 29.9. The van der Waals surface area contributed by atoms with Crippen LogP contribution in [0, 0.1) is 19.8 Å². The molecule has 0 saturated heterocycles. The summed E-state index contributed by atoms with van der Waals surface area (Å²) in [7, 11) is 7.29. The number of rotatable bonds is 19. The summed E-state index contributed by atoms with van der Waals surface area (Å²) in [6.45, 7) is 12.2. The molecule has 16 heterocycles. The minimum Gasteiger partial charge on any atom is -0.368 e. The van der Waals surface area contributed by atoms with E-state index in [4.69, 9.17) is 31.6 Å². The van der Waals surface area contributed by atoms with Crippen molar-refractivity contribution in [2.24, 2.45) is 25.9 Å². The van der Waals surface area contributed by atoms with Crippen LogP contribution in [-0.2, 0) is 32.1 Å². The molecule has 0 radical (unpaired) electrons. The topological polar surface area (TPSA) is 251 Å². The molecule has 4 saturated carbocycles. The number of alkyl halides is 2. The van der Waals surface area contributed by atoms with Gasteiger partial charge >= 0.3 is 0 Å². The van der Waals surface area contributed by atoms with Gasteiger partial charge in [-0.3, -0.25) is 58.7 Å². The first-order chi connectivity index (χ1) is 68.9. The van der Waals surface area contributed by atoms with Crippen molar-refractivity contribution in [3.63, 3.8) is 0 Å². The number of pyridine rings is 4. The SMILES string of the molecule is CC(C)[C@@H]1CN2C(=N1)N(C)C(=O)c1c2cn(Cc2ccc(C(C)(F)F)nc2)c1NC1CCCC1.CN1C(=O)c2c(cn(Cc3ccc(-c4ccccn4)cc3)c2Nc2ccccc2)N2C1=NC1CCCCC12.Cc1cccc(-c2ccc(Cn3cc4c(c3Cl)N3C(=N[C@@H]5CCC[C@@H]53)N(C)C4=O)cc2)n1.Cc1cccc(-c2ccc(Cn3cc4c(c3Nc3ccccc3)N3C(=N[C@@H]5CCC[C@@H]53)N(C)C4=O)cc2)n1. The summed E-state index contributed by atoms with van der Waals surface area (Å²) in [5, 5.41) is 11.5. The van der Waals surface area contributed by atoms with Crippen LogP contribution in [0.2, 0.25) is 5.15 Å². The van der Waals surface area contributed by atoms with E-state index in [1.807, 2.05) is 165 Å². The van der Waals surface area contributed by atoms with E-state index in [0.29, 0.717) is 84.1 Å². The molecular formula is C112H116ClF2N23O4. The molecule has 0 spiro atoms. The Morgan fingerprint density at radius 1 is 0.415 bits per heavy atom. The second kappa shape index (κ2) is 37.9. The first-order valence-electron chi connectivity index (χ1n) is 49.8. The monoisotopic (exact) mass is 1920 g/mol. The number of hydrogen-bond donors (Lipinski definition) is 3. The van der Waals surface area contributed by atoms with E-state index in [2.05, 4.69) is 170 Å². The lowest BCUT2D eigenvalue weighted by atomic mass is 9.90. The highest BCUT2D eigenvalue weighted by atomic mass is 35.5. The van der Waals surface area contributed by atoms with E-state index in [1.54, 1.807) is 39.8 Å². The Labute approximate surface area is 830 Å². The third kappa shape index (κ3) is 17.4. The lowest BCUT2D eigenvalue weighted by Crippen LogP contribution is -2.52. The first-order valence-corrected chi connectivity index (χ1v) is 50.2. The Balaban J connectivity index is 0.000000109. The first kappa shape index (κ1) is 92.2. The zero-order valence-electron chi connectivity index (χ0n) is 81.4. The summed E-state index contributed by atoms with van der Waals surface area (Å²) < 4.78 is 35.6. The number of benzene rings is 5. The highest BCUT2D eigenvalue weighted by Crippen LogP contribution is 2.51. The minimum absolute atomic E-state index is 0.00861. The molecule has 142 heavy (non-hydrogen) atoms. The molecule has 8 aliphatic heterocycles. The van der Waals surface area contributed by atoms with Crippen molar-refractivity contribution in [3.8, 4) is 33.8 Å². The van der Waals surface area contributed by atoms with Crippen LogP contribution in [0.5, 0.6) is 0 Å². The summed E-state index contributed by atoms with van der Waals surface area (Å²) in [6.07, 6.45) is 27.1. The summed E-state index contributed by atoms with van der Waals surface area (Å²) in [4.78, 5) is 107. The number of anilines is 9.